The predicted molar refractivity (Wildman–Crippen MR) is 128 cm³/mol. The minimum Gasteiger partial charge on any atom is -0.166 e. The minimum absolute atomic E-state index is 0.676. The van der Waals surface area contributed by atoms with Gasteiger partial charge in [0.15, 0.2) is 0 Å². The molecule has 2 aromatic carbocycles. The van der Waals surface area contributed by atoms with Crippen LogP contribution in [0.4, 0.5) is 26.3 Å². The van der Waals surface area contributed by atoms with E-state index >= 15 is 0 Å². The summed E-state index contributed by atoms with van der Waals surface area (Å²) in [5.41, 5.74) is -0.00242. The van der Waals surface area contributed by atoms with Crippen molar-refractivity contribution >= 4 is 47.0 Å². The summed E-state index contributed by atoms with van der Waals surface area (Å²) < 4.78 is 76.0. The van der Waals surface area contributed by atoms with Crippen molar-refractivity contribution in [1.82, 2.24) is 0 Å². The highest BCUT2D eigenvalue weighted by atomic mass is 32.1. The van der Waals surface area contributed by atoms with E-state index < -0.39 is 23.5 Å². The molecule has 0 aliphatic carbocycles. The van der Waals surface area contributed by atoms with Gasteiger partial charge in [-0.2, -0.15) is 26.3 Å². The van der Waals surface area contributed by atoms with Gasteiger partial charge in [0.1, 0.15) is 0 Å². The molecule has 0 saturated carbocycles. The number of hydrogen-bond donors (Lipinski definition) is 0. The maximum Gasteiger partial charge on any atom is 0.416 e. The van der Waals surface area contributed by atoms with E-state index in [1.165, 1.54) is 24.3 Å². The van der Waals surface area contributed by atoms with Crippen molar-refractivity contribution in [2.45, 2.75) is 12.4 Å². The molecule has 0 unspecified atom stereocenters. The summed E-state index contributed by atoms with van der Waals surface area (Å²) in [6.07, 6.45) is -1.45. The van der Waals surface area contributed by atoms with E-state index in [9.17, 15) is 26.3 Å². The zero-order valence-electron chi connectivity index (χ0n) is 17.3. The number of halogens is 6. The van der Waals surface area contributed by atoms with Crippen molar-refractivity contribution in [3.05, 3.63) is 105 Å². The first-order chi connectivity index (χ1) is 16.1. The van der Waals surface area contributed by atoms with Gasteiger partial charge in [-0.15, -0.1) is 22.7 Å². The third-order valence-corrected chi connectivity index (χ3v) is 7.15. The molecule has 2 heterocycles. The highest BCUT2D eigenvalue weighted by Crippen LogP contribution is 2.35. The number of hydrogen-bond acceptors (Lipinski definition) is 2. The molecule has 0 aliphatic heterocycles. The van der Waals surface area contributed by atoms with Gasteiger partial charge in [0.05, 0.1) is 11.1 Å². The Morgan fingerprint density at radius 2 is 0.794 bits per heavy atom. The van der Waals surface area contributed by atoms with Gasteiger partial charge in [-0.25, -0.2) is 0 Å². The maximum atomic E-state index is 12.7. The molecule has 0 spiro atoms. The fraction of sp³-hybridized carbons (Fsp3) is 0.0769. The van der Waals surface area contributed by atoms with E-state index in [-0.39, 0.29) is 0 Å². The lowest BCUT2D eigenvalue weighted by Crippen LogP contribution is -2.03. The molecule has 2 aromatic heterocycles. The van der Waals surface area contributed by atoms with Crippen LogP contribution in [0.5, 0.6) is 0 Å². The van der Waals surface area contributed by atoms with Gasteiger partial charge in [0.2, 0.25) is 0 Å². The molecule has 8 heteroatoms. The molecule has 0 amide bonds. The van der Waals surface area contributed by atoms with Gasteiger partial charge in [-0.1, -0.05) is 36.4 Å². The van der Waals surface area contributed by atoms with E-state index in [0.717, 1.165) is 43.8 Å². The Kier molecular flexibility index (Phi) is 6.81. The van der Waals surface area contributed by atoms with Crippen molar-refractivity contribution in [2.24, 2.45) is 0 Å². The molecular weight excluding hydrogens is 490 g/mol. The molecule has 0 fully saturated rings. The molecule has 0 nitrogen and oxygen atoms in total. The van der Waals surface area contributed by atoms with Crippen LogP contribution in [0.3, 0.4) is 0 Å². The zero-order chi connectivity index (χ0) is 24.3. The molecular formula is C26H16F6S2. The molecule has 174 valence electrons. The highest BCUT2D eigenvalue weighted by Gasteiger charge is 2.30. The SMILES string of the molecule is FC(F)(F)c1ccc(/C=C/c2ccc(-c3ccc(/C=C/c4ccc(C(F)(F)F)cc4)s3)s2)cc1. The number of thiophene rings is 2. The van der Waals surface area contributed by atoms with E-state index in [0.29, 0.717) is 11.1 Å². The lowest BCUT2D eigenvalue weighted by atomic mass is 10.1. The Balaban J connectivity index is 1.41. The van der Waals surface area contributed by atoms with Crippen LogP contribution in [0, 0.1) is 0 Å². The van der Waals surface area contributed by atoms with Crippen LogP contribution >= 0.6 is 22.7 Å². The van der Waals surface area contributed by atoms with Crippen LogP contribution in [-0.2, 0) is 12.4 Å². The van der Waals surface area contributed by atoms with Gasteiger partial charge < -0.3 is 0 Å². The lowest BCUT2D eigenvalue weighted by Gasteiger charge is -2.05. The molecule has 0 radical (unpaired) electrons. The first-order valence-corrected chi connectivity index (χ1v) is 11.6. The number of rotatable bonds is 5. The van der Waals surface area contributed by atoms with Crippen molar-refractivity contribution in [3.8, 4) is 9.75 Å². The Hall–Kier alpha value is -3.10. The van der Waals surface area contributed by atoms with Gasteiger partial charge in [-0.3, -0.25) is 0 Å². The van der Waals surface area contributed by atoms with E-state index in [4.69, 9.17) is 0 Å². The predicted octanol–water partition coefficient (Wildman–Crippen LogP) is 9.85. The molecule has 0 saturated heterocycles. The standard InChI is InChI=1S/C26H16F6S2/c27-25(28,29)19-7-1-17(2-8-19)5-11-21-13-15-23(33-21)24-16-14-22(34-24)12-6-18-3-9-20(10-4-18)26(30,31)32/h1-16H/b11-5+,12-6+. The van der Waals surface area contributed by atoms with Gasteiger partial charge >= 0.3 is 12.4 Å². The van der Waals surface area contributed by atoms with Crippen molar-refractivity contribution < 1.29 is 26.3 Å². The summed E-state index contributed by atoms with van der Waals surface area (Å²) in [5, 5.41) is 0. The fourth-order valence-electron chi connectivity index (χ4n) is 3.07. The second-order valence-electron chi connectivity index (χ2n) is 7.31. The molecule has 4 aromatic rings. The smallest absolute Gasteiger partial charge is 0.166 e. The van der Waals surface area contributed by atoms with Gasteiger partial charge in [0.25, 0.3) is 0 Å². The highest BCUT2D eigenvalue weighted by molar-refractivity contribution is 7.23. The average molecular weight is 507 g/mol. The Morgan fingerprint density at radius 3 is 1.12 bits per heavy atom. The Labute approximate surface area is 200 Å². The first kappa shape index (κ1) is 24.0. The largest absolute Gasteiger partial charge is 0.416 e. The number of benzene rings is 2. The summed E-state index contributed by atoms with van der Waals surface area (Å²) in [6.45, 7) is 0. The van der Waals surface area contributed by atoms with Crippen LogP contribution in [0.1, 0.15) is 32.0 Å². The van der Waals surface area contributed by atoms with E-state index in [1.54, 1.807) is 34.8 Å². The molecule has 0 N–H and O–H groups in total. The third-order valence-electron chi connectivity index (χ3n) is 4.85. The normalized spacial score (nSPS) is 12.8. The van der Waals surface area contributed by atoms with Crippen LogP contribution in [0.25, 0.3) is 34.1 Å². The van der Waals surface area contributed by atoms with Crippen LogP contribution in [0.2, 0.25) is 0 Å². The summed E-state index contributed by atoms with van der Waals surface area (Å²) in [5.74, 6) is 0. The second kappa shape index (κ2) is 9.64. The van der Waals surface area contributed by atoms with Gasteiger partial charge in [-0.05, 0) is 71.8 Å². The minimum atomic E-state index is -4.35. The lowest BCUT2D eigenvalue weighted by molar-refractivity contribution is -0.138. The van der Waals surface area contributed by atoms with E-state index in [1.807, 2.05) is 36.4 Å². The molecule has 0 aliphatic rings. The van der Waals surface area contributed by atoms with Crippen LogP contribution < -0.4 is 0 Å². The summed E-state index contributed by atoms with van der Waals surface area (Å²) >= 11 is 3.11. The summed E-state index contributed by atoms with van der Waals surface area (Å²) in [4.78, 5) is 4.02. The quantitative estimate of drug-likeness (QED) is 0.236. The Bertz CT molecular complexity index is 1200. The number of alkyl halides is 6. The maximum absolute atomic E-state index is 12.7. The summed E-state index contributed by atoms with van der Waals surface area (Å²) in [6, 6.07) is 17.8. The third kappa shape index (κ3) is 6.07. The molecule has 4 rings (SSSR count). The monoisotopic (exact) mass is 506 g/mol. The van der Waals surface area contributed by atoms with Gasteiger partial charge in [0, 0.05) is 19.5 Å². The topological polar surface area (TPSA) is 0 Å². The molecule has 0 bridgehead atoms. The van der Waals surface area contributed by atoms with Crippen LogP contribution in [0.15, 0.2) is 72.8 Å². The zero-order valence-corrected chi connectivity index (χ0v) is 19.0. The molecule has 0 atom stereocenters. The Morgan fingerprint density at radius 1 is 0.441 bits per heavy atom. The summed E-state index contributed by atoms with van der Waals surface area (Å²) in [7, 11) is 0. The van der Waals surface area contributed by atoms with Crippen molar-refractivity contribution in [2.75, 3.05) is 0 Å². The second-order valence-corrected chi connectivity index (χ2v) is 9.54. The van der Waals surface area contributed by atoms with E-state index in [2.05, 4.69) is 0 Å². The van der Waals surface area contributed by atoms with Crippen molar-refractivity contribution in [1.29, 1.82) is 0 Å². The van der Waals surface area contributed by atoms with Crippen LogP contribution in [-0.4, -0.2) is 0 Å². The van der Waals surface area contributed by atoms with Crippen molar-refractivity contribution in [3.63, 3.8) is 0 Å². The molecule has 34 heavy (non-hydrogen) atoms. The fourth-order valence-corrected chi connectivity index (χ4v) is 4.98. The first-order valence-electron chi connectivity index (χ1n) is 9.99. The average Bonchev–Trinajstić information content (AvgIpc) is 3.45.